The van der Waals surface area contributed by atoms with Gasteiger partial charge >= 0.3 is 59.2 Å². The zero-order valence-electron chi connectivity index (χ0n) is 2.29. The molecule has 0 fully saturated rings. The molecule has 0 aliphatic carbocycles. The quantitative estimate of drug-likeness (QED) is 0.559. The van der Waals surface area contributed by atoms with Gasteiger partial charge in [-0.15, -0.1) is 0 Å². The van der Waals surface area contributed by atoms with Crippen LogP contribution in [0.25, 0.3) is 0 Å². The van der Waals surface area contributed by atoms with Gasteiger partial charge in [0.05, 0.1) is 0 Å². The van der Waals surface area contributed by atoms with Crippen LogP contribution >= 0.6 is 0 Å². The second-order valence-corrected chi connectivity index (χ2v) is 0. The molecule has 0 saturated carbocycles. The fourth-order valence-electron chi connectivity index (χ4n) is 0. The average molecular weight is 217 g/mol. The Kier molecular flexibility index (Phi) is 210. The summed E-state index contributed by atoms with van der Waals surface area (Å²) in [6.07, 6.45) is 0. The third kappa shape index (κ3) is 9.13. The standard InChI is InChI=1S/Ag.Al.H3N.Zn/h;;1H3;/q+1;+3;;+2. The first-order valence-electron chi connectivity index (χ1n) is 0. The molecular formula is H3AgAlNZn+6. The van der Waals surface area contributed by atoms with Crippen LogP contribution in [-0.4, -0.2) is 17.4 Å². The Morgan fingerprint density at radius 1 is 1.00 bits per heavy atom. The van der Waals surface area contributed by atoms with Crippen LogP contribution in [0.15, 0.2) is 0 Å². The molecule has 0 spiro atoms. The summed E-state index contributed by atoms with van der Waals surface area (Å²) in [6, 6.07) is 0. The van der Waals surface area contributed by atoms with E-state index in [0.29, 0.717) is 0 Å². The summed E-state index contributed by atoms with van der Waals surface area (Å²) in [5.74, 6) is 0. The van der Waals surface area contributed by atoms with Crippen LogP contribution in [0.3, 0.4) is 0 Å². The molecule has 0 radical (unpaired) electrons. The second kappa shape index (κ2) is 21.0. The third-order valence-electron chi connectivity index (χ3n) is 0. The molecule has 0 unspecified atom stereocenters. The predicted molar refractivity (Wildman–Crippen MR) is 10.8 cm³/mol. The van der Waals surface area contributed by atoms with Crippen LogP contribution in [0.5, 0.6) is 0 Å². The first-order valence-corrected chi connectivity index (χ1v) is 0. The van der Waals surface area contributed by atoms with Gasteiger partial charge in [-0.3, -0.25) is 0 Å². The molecule has 4 heteroatoms. The molecule has 0 aromatic heterocycles. The molecule has 1 nitrogen and oxygen atoms in total. The predicted octanol–water partition coefficient (Wildman–Crippen LogP) is -0.224. The van der Waals surface area contributed by atoms with Gasteiger partial charge in [0.25, 0.3) is 0 Å². The summed E-state index contributed by atoms with van der Waals surface area (Å²) in [4.78, 5) is 0. The molecule has 18 valence electrons. The number of hydrogen-bond donors (Lipinski definition) is 1. The zero-order valence-corrected chi connectivity index (χ0v) is 7.90. The van der Waals surface area contributed by atoms with Crippen LogP contribution in [0, 0.1) is 0 Å². The minimum Gasteiger partial charge on any atom is -0.344 e. The molecule has 0 rings (SSSR count). The van der Waals surface area contributed by atoms with Crippen LogP contribution in [-0.2, 0) is 41.9 Å². The van der Waals surface area contributed by atoms with Gasteiger partial charge in [0.15, 0.2) is 0 Å². The van der Waals surface area contributed by atoms with E-state index in [2.05, 4.69) is 0 Å². The van der Waals surface area contributed by atoms with Gasteiger partial charge in [-0.1, -0.05) is 0 Å². The third-order valence-corrected chi connectivity index (χ3v) is 0. The van der Waals surface area contributed by atoms with Gasteiger partial charge in [0, 0.05) is 0 Å². The van der Waals surface area contributed by atoms with E-state index >= 15 is 0 Å². The summed E-state index contributed by atoms with van der Waals surface area (Å²) in [7, 11) is 0. The van der Waals surface area contributed by atoms with Crippen LogP contribution in [0.2, 0.25) is 0 Å². The second-order valence-electron chi connectivity index (χ2n) is 0. The summed E-state index contributed by atoms with van der Waals surface area (Å²) in [5, 5.41) is 0. The van der Waals surface area contributed by atoms with Crippen molar-refractivity contribution in [2.45, 2.75) is 0 Å². The van der Waals surface area contributed by atoms with Gasteiger partial charge in [-0.2, -0.15) is 0 Å². The number of hydrogen-bond acceptors (Lipinski definition) is 1. The van der Waals surface area contributed by atoms with Crippen molar-refractivity contribution in [2.24, 2.45) is 0 Å². The van der Waals surface area contributed by atoms with Crippen molar-refractivity contribution in [2.75, 3.05) is 0 Å². The first-order chi connectivity index (χ1) is 0. The van der Waals surface area contributed by atoms with Crippen molar-refractivity contribution in [3.63, 3.8) is 0 Å². The van der Waals surface area contributed by atoms with Crippen LogP contribution in [0.4, 0.5) is 0 Å². The Morgan fingerprint density at radius 2 is 1.00 bits per heavy atom. The summed E-state index contributed by atoms with van der Waals surface area (Å²) < 4.78 is 0. The van der Waals surface area contributed by atoms with E-state index < -0.39 is 0 Å². The molecule has 0 aliphatic rings. The smallest absolute Gasteiger partial charge is 0.344 e. The van der Waals surface area contributed by atoms with Gasteiger partial charge in [-0.05, 0) is 0 Å². The molecule has 0 saturated heterocycles. The van der Waals surface area contributed by atoms with E-state index in [1.165, 1.54) is 0 Å². The fraction of sp³-hybridized carbons (Fsp3) is 0. The van der Waals surface area contributed by atoms with E-state index in [9.17, 15) is 0 Å². The average Bonchev–Trinajstić information content (AvgIpc) is 0. The molecule has 0 bridgehead atoms. The van der Waals surface area contributed by atoms with Gasteiger partial charge in [0.2, 0.25) is 0 Å². The molecule has 0 heterocycles. The monoisotopic (exact) mass is 215 g/mol. The van der Waals surface area contributed by atoms with E-state index in [1.807, 2.05) is 0 Å². The molecule has 0 atom stereocenters. The SMILES string of the molecule is N.[Ag+].[Al+3].[Zn+2]. The van der Waals surface area contributed by atoms with Gasteiger partial charge in [-0.25, -0.2) is 0 Å². The van der Waals surface area contributed by atoms with E-state index in [-0.39, 0.29) is 65.4 Å². The van der Waals surface area contributed by atoms with Gasteiger partial charge in [0.1, 0.15) is 0 Å². The minimum atomic E-state index is 0. The first kappa shape index (κ1) is 40.1. The molecule has 4 heavy (non-hydrogen) atoms. The maximum atomic E-state index is 0. The molecule has 3 N–H and O–H groups in total. The largest absolute Gasteiger partial charge is 3.00 e. The van der Waals surface area contributed by atoms with Crippen molar-refractivity contribution < 1.29 is 41.9 Å². The summed E-state index contributed by atoms with van der Waals surface area (Å²) in [5.41, 5.74) is 0. The van der Waals surface area contributed by atoms with Crippen LogP contribution < -0.4 is 6.15 Å². The molecule has 0 amide bonds. The van der Waals surface area contributed by atoms with E-state index in [0.717, 1.165) is 0 Å². The Bertz CT molecular complexity index is 8.00. The van der Waals surface area contributed by atoms with Crippen molar-refractivity contribution in [3.05, 3.63) is 0 Å². The summed E-state index contributed by atoms with van der Waals surface area (Å²) >= 11 is 0. The molecule has 0 aliphatic heterocycles. The topological polar surface area (TPSA) is 35.0 Å². The minimum absolute atomic E-state index is 0. The fourth-order valence-corrected chi connectivity index (χ4v) is 0. The maximum Gasteiger partial charge on any atom is 3.00 e. The number of rotatable bonds is 0. The van der Waals surface area contributed by atoms with Crippen molar-refractivity contribution in [1.82, 2.24) is 6.15 Å². The Morgan fingerprint density at radius 3 is 1.00 bits per heavy atom. The Balaban J connectivity index is 0. The normalized spacial score (nSPS) is 0. The summed E-state index contributed by atoms with van der Waals surface area (Å²) in [6.45, 7) is 0. The van der Waals surface area contributed by atoms with Crippen molar-refractivity contribution >= 4 is 17.4 Å². The maximum absolute atomic E-state index is 0. The van der Waals surface area contributed by atoms with E-state index in [1.54, 1.807) is 0 Å². The Hall–Kier alpha value is 1.86. The van der Waals surface area contributed by atoms with Gasteiger partial charge < -0.3 is 6.15 Å². The van der Waals surface area contributed by atoms with Crippen molar-refractivity contribution in [1.29, 1.82) is 0 Å². The van der Waals surface area contributed by atoms with Crippen LogP contribution in [0.1, 0.15) is 0 Å². The molecular weight excluding hydrogens is 214 g/mol. The van der Waals surface area contributed by atoms with E-state index in [4.69, 9.17) is 0 Å². The molecule has 0 aromatic rings. The Labute approximate surface area is 64.9 Å². The van der Waals surface area contributed by atoms with Crippen molar-refractivity contribution in [3.8, 4) is 0 Å². The zero-order chi connectivity index (χ0) is 0. The molecule has 0 aromatic carbocycles.